The highest BCUT2D eigenvalue weighted by Crippen LogP contribution is 2.29. The van der Waals surface area contributed by atoms with E-state index in [4.69, 9.17) is 14.2 Å². The maximum absolute atomic E-state index is 14.0. The summed E-state index contributed by atoms with van der Waals surface area (Å²) in [4.78, 5) is 30.2. The first-order valence-corrected chi connectivity index (χ1v) is 13.4. The molecular formula is C31H35N3O5. The van der Waals surface area contributed by atoms with Crippen LogP contribution < -0.4 is 25.5 Å². The number of piperidine rings is 1. The number of methoxy groups -OCH3 is 2. The predicted octanol–water partition coefficient (Wildman–Crippen LogP) is 4.46. The number of likely N-dealkylation sites (tertiary alicyclic amines) is 1. The first-order chi connectivity index (χ1) is 19.0. The van der Waals surface area contributed by atoms with E-state index in [2.05, 4.69) is 11.8 Å². The van der Waals surface area contributed by atoms with E-state index in [0.717, 1.165) is 43.6 Å². The van der Waals surface area contributed by atoms with Crippen LogP contribution in [0.2, 0.25) is 0 Å². The van der Waals surface area contributed by atoms with Gasteiger partial charge in [0.2, 0.25) is 0 Å². The molecule has 0 N–H and O–H groups in total. The van der Waals surface area contributed by atoms with Gasteiger partial charge in [0.05, 0.1) is 31.7 Å². The molecule has 0 radical (unpaired) electrons. The Kier molecular flexibility index (Phi) is 8.02. The summed E-state index contributed by atoms with van der Waals surface area (Å²) >= 11 is 0. The minimum absolute atomic E-state index is 0.0103. The zero-order chi connectivity index (χ0) is 27.4. The Bertz CT molecular complexity index is 1550. The maximum atomic E-state index is 14.0. The first-order valence-electron chi connectivity index (χ1n) is 13.4. The second kappa shape index (κ2) is 11.8. The molecule has 0 spiro atoms. The van der Waals surface area contributed by atoms with Crippen LogP contribution in [-0.2, 0) is 13.2 Å². The Hall–Kier alpha value is -4.04. The van der Waals surface area contributed by atoms with E-state index < -0.39 is 0 Å². The molecular weight excluding hydrogens is 494 g/mol. The number of benzene rings is 3. The highest BCUT2D eigenvalue weighted by molar-refractivity contribution is 5.80. The van der Waals surface area contributed by atoms with Gasteiger partial charge in [-0.15, -0.1) is 0 Å². The molecule has 5 rings (SSSR count). The molecule has 3 aromatic carbocycles. The van der Waals surface area contributed by atoms with Crippen molar-refractivity contribution >= 4 is 10.9 Å². The Morgan fingerprint density at radius 2 is 1.59 bits per heavy atom. The van der Waals surface area contributed by atoms with Crippen molar-refractivity contribution in [1.82, 2.24) is 14.0 Å². The Balaban J connectivity index is 1.58. The molecule has 204 valence electrons. The molecule has 1 saturated heterocycles. The number of rotatable bonds is 9. The fourth-order valence-electron chi connectivity index (χ4n) is 5.34. The van der Waals surface area contributed by atoms with Crippen molar-refractivity contribution in [3.63, 3.8) is 0 Å². The zero-order valence-corrected chi connectivity index (χ0v) is 22.8. The van der Waals surface area contributed by atoms with Gasteiger partial charge >= 0.3 is 5.69 Å². The third-order valence-corrected chi connectivity index (χ3v) is 7.55. The summed E-state index contributed by atoms with van der Waals surface area (Å²) in [6, 6.07) is 20.8. The largest absolute Gasteiger partial charge is 0.493 e. The van der Waals surface area contributed by atoms with E-state index in [0.29, 0.717) is 34.8 Å². The van der Waals surface area contributed by atoms with Crippen molar-refractivity contribution in [2.75, 3.05) is 33.9 Å². The van der Waals surface area contributed by atoms with E-state index in [1.807, 2.05) is 53.1 Å². The second-order valence-electron chi connectivity index (χ2n) is 9.85. The molecule has 1 aromatic heterocycles. The average Bonchev–Trinajstić information content (AvgIpc) is 2.99. The third-order valence-electron chi connectivity index (χ3n) is 7.55. The molecule has 1 aliphatic rings. The van der Waals surface area contributed by atoms with E-state index in [-0.39, 0.29) is 23.8 Å². The fourth-order valence-corrected chi connectivity index (χ4v) is 5.34. The number of fused-ring (bicyclic) bond motifs is 1. The highest BCUT2D eigenvalue weighted by atomic mass is 16.5. The van der Waals surface area contributed by atoms with Crippen LogP contribution in [0.1, 0.15) is 36.9 Å². The molecule has 2 heterocycles. The molecule has 1 aliphatic heterocycles. The van der Waals surface area contributed by atoms with Crippen LogP contribution in [0.4, 0.5) is 0 Å². The van der Waals surface area contributed by atoms with Crippen LogP contribution in [-0.4, -0.2) is 47.9 Å². The number of aromatic nitrogens is 2. The zero-order valence-electron chi connectivity index (χ0n) is 22.8. The normalized spacial score (nSPS) is 14.4. The van der Waals surface area contributed by atoms with E-state index in [9.17, 15) is 9.59 Å². The summed E-state index contributed by atoms with van der Waals surface area (Å²) in [6.45, 7) is 5.49. The van der Waals surface area contributed by atoms with Crippen molar-refractivity contribution in [3.8, 4) is 17.2 Å². The molecule has 0 atom stereocenters. The minimum Gasteiger partial charge on any atom is -0.493 e. The van der Waals surface area contributed by atoms with Crippen LogP contribution in [0.3, 0.4) is 0 Å². The van der Waals surface area contributed by atoms with Crippen molar-refractivity contribution in [2.24, 2.45) is 0 Å². The lowest BCUT2D eigenvalue weighted by Crippen LogP contribution is -2.44. The smallest absolute Gasteiger partial charge is 0.332 e. The summed E-state index contributed by atoms with van der Waals surface area (Å²) in [5.41, 5.74) is 1.83. The van der Waals surface area contributed by atoms with Gasteiger partial charge in [0.15, 0.2) is 11.5 Å². The molecule has 4 aromatic rings. The number of nitrogens with zero attached hydrogens (tertiary/aromatic N) is 3. The number of hydrogen-bond donors (Lipinski definition) is 0. The van der Waals surface area contributed by atoms with Gasteiger partial charge < -0.3 is 19.1 Å². The number of ether oxygens (including phenoxy) is 3. The van der Waals surface area contributed by atoms with Crippen molar-refractivity contribution in [2.45, 2.75) is 39.0 Å². The van der Waals surface area contributed by atoms with Crippen molar-refractivity contribution in [3.05, 3.63) is 98.7 Å². The van der Waals surface area contributed by atoms with Crippen LogP contribution in [0.5, 0.6) is 17.2 Å². The number of hydrogen-bond acceptors (Lipinski definition) is 6. The summed E-state index contributed by atoms with van der Waals surface area (Å²) in [6.07, 6.45) is 1.70. The van der Waals surface area contributed by atoms with Crippen LogP contribution >= 0.6 is 0 Å². The topological polar surface area (TPSA) is 74.9 Å². The summed E-state index contributed by atoms with van der Waals surface area (Å²) < 4.78 is 20.0. The molecule has 8 heteroatoms. The molecule has 0 aliphatic carbocycles. The molecule has 0 unspecified atom stereocenters. The molecule has 1 fully saturated rings. The van der Waals surface area contributed by atoms with Crippen LogP contribution in [0.25, 0.3) is 10.9 Å². The van der Waals surface area contributed by atoms with Crippen LogP contribution in [0, 0.1) is 0 Å². The Morgan fingerprint density at radius 3 is 2.28 bits per heavy atom. The van der Waals surface area contributed by atoms with E-state index in [1.54, 1.807) is 32.4 Å². The van der Waals surface area contributed by atoms with E-state index in [1.165, 1.54) is 4.57 Å². The van der Waals surface area contributed by atoms with Gasteiger partial charge in [0, 0.05) is 19.1 Å². The first kappa shape index (κ1) is 26.6. The SMILES string of the molecule is CCN1CCC(n2c(=O)n(Cc3ccc(OC)c(OC)c3)c(=O)c3cc(OCc4ccccc4)ccc32)CC1. The molecule has 0 amide bonds. The lowest BCUT2D eigenvalue weighted by molar-refractivity contribution is 0.193. The Labute approximate surface area is 228 Å². The van der Waals surface area contributed by atoms with Crippen molar-refractivity contribution in [1.29, 1.82) is 0 Å². The van der Waals surface area contributed by atoms with Gasteiger partial charge in [-0.1, -0.05) is 43.3 Å². The molecule has 0 bridgehead atoms. The monoisotopic (exact) mass is 529 g/mol. The lowest BCUT2D eigenvalue weighted by Gasteiger charge is -2.33. The minimum atomic E-state index is -0.336. The summed E-state index contributed by atoms with van der Waals surface area (Å²) in [7, 11) is 3.14. The van der Waals surface area contributed by atoms with Gasteiger partial charge in [-0.05, 0) is 60.8 Å². The van der Waals surface area contributed by atoms with Gasteiger partial charge in [-0.25, -0.2) is 4.79 Å². The highest BCUT2D eigenvalue weighted by Gasteiger charge is 2.25. The average molecular weight is 530 g/mol. The second-order valence-corrected chi connectivity index (χ2v) is 9.85. The molecule has 39 heavy (non-hydrogen) atoms. The van der Waals surface area contributed by atoms with Gasteiger partial charge in [-0.2, -0.15) is 0 Å². The van der Waals surface area contributed by atoms with Gasteiger partial charge in [0.1, 0.15) is 12.4 Å². The molecule has 8 nitrogen and oxygen atoms in total. The maximum Gasteiger partial charge on any atom is 0.332 e. The van der Waals surface area contributed by atoms with Crippen molar-refractivity contribution < 1.29 is 14.2 Å². The standard InChI is InChI=1S/C31H35N3O5/c1-4-32-16-14-24(15-17-32)34-27-12-11-25(39-21-22-8-6-5-7-9-22)19-26(27)30(35)33(31(34)36)20-23-10-13-28(37-2)29(18-23)38-3/h5-13,18-19,24H,4,14-17,20-21H2,1-3H3. The van der Waals surface area contributed by atoms with Gasteiger partial charge in [-0.3, -0.25) is 13.9 Å². The third kappa shape index (κ3) is 5.56. The quantitative estimate of drug-likeness (QED) is 0.319. The summed E-state index contributed by atoms with van der Waals surface area (Å²) in [5.74, 6) is 1.73. The Morgan fingerprint density at radius 1 is 0.846 bits per heavy atom. The lowest BCUT2D eigenvalue weighted by atomic mass is 10.0. The van der Waals surface area contributed by atoms with Gasteiger partial charge in [0.25, 0.3) is 5.56 Å². The van der Waals surface area contributed by atoms with E-state index >= 15 is 0 Å². The molecule has 0 saturated carbocycles. The predicted molar refractivity (Wildman–Crippen MR) is 152 cm³/mol. The fraction of sp³-hybridized carbons (Fsp3) is 0.355. The van der Waals surface area contributed by atoms with Crippen LogP contribution in [0.15, 0.2) is 76.3 Å². The summed E-state index contributed by atoms with van der Waals surface area (Å²) in [5, 5.41) is 0.471.